The van der Waals surface area contributed by atoms with Crippen molar-refractivity contribution < 1.29 is 4.42 Å². The Morgan fingerprint density at radius 1 is 1.50 bits per heavy atom. The zero-order valence-corrected chi connectivity index (χ0v) is 9.25. The Hall–Kier alpha value is -1.99. The maximum atomic E-state index is 8.70. The van der Waals surface area contributed by atoms with Crippen LogP contribution in [0.25, 0.3) is 11.5 Å². The van der Waals surface area contributed by atoms with Crippen LogP contribution in [0.4, 0.5) is 5.88 Å². The van der Waals surface area contributed by atoms with Crippen LogP contribution in [0.15, 0.2) is 22.6 Å². The van der Waals surface area contributed by atoms with Crippen molar-refractivity contribution in [2.45, 2.75) is 6.92 Å². The predicted octanol–water partition coefficient (Wildman–Crippen LogP) is 2.76. The van der Waals surface area contributed by atoms with Crippen LogP contribution in [0.2, 0.25) is 5.02 Å². The summed E-state index contributed by atoms with van der Waals surface area (Å²) in [5, 5.41) is 9.37. The highest BCUT2D eigenvalue weighted by Gasteiger charge is 2.12. The summed E-state index contributed by atoms with van der Waals surface area (Å²) in [5.74, 6) is 0.360. The van der Waals surface area contributed by atoms with Gasteiger partial charge in [0.2, 0.25) is 17.5 Å². The molecule has 0 unspecified atom stereocenters. The Morgan fingerprint density at radius 2 is 2.25 bits per heavy atom. The number of benzene rings is 1. The lowest BCUT2D eigenvalue weighted by molar-refractivity contribution is 0.593. The van der Waals surface area contributed by atoms with E-state index in [-0.39, 0.29) is 11.6 Å². The lowest BCUT2D eigenvalue weighted by Crippen LogP contribution is -1.84. The van der Waals surface area contributed by atoms with Gasteiger partial charge in [-0.05, 0) is 30.7 Å². The zero-order valence-electron chi connectivity index (χ0n) is 8.49. The number of halogens is 1. The van der Waals surface area contributed by atoms with Gasteiger partial charge in [0.25, 0.3) is 0 Å². The molecule has 5 heteroatoms. The molecule has 0 spiro atoms. The third-order valence-corrected chi connectivity index (χ3v) is 2.59. The fourth-order valence-corrected chi connectivity index (χ4v) is 1.43. The Kier molecular flexibility index (Phi) is 2.55. The molecule has 0 bridgehead atoms. The highest BCUT2D eigenvalue weighted by molar-refractivity contribution is 6.31. The Bertz CT molecular complexity index is 583. The lowest BCUT2D eigenvalue weighted by atomic mass is 10.1. The van der Waals surface area contributed by atoms with Gasteiger partial charge in [-0.2, -0.15) is 10.2 Å². The van der Waals surface area contributed by atoms with Gasteiger partial charge >= 0.3 is 0 Å². The van der Waals surface area contributed by atoms with Gasteiger partial charge in [0.05, 0.1) is 0 Å². The average molecular weight is 234 g/mol. The average Bonchev–Trinajstić information content (AvgIpc) is 2.64. The molecule has 80 valence electrons. The van der Waals surface area contributed by atoms with E-state index in [4.69, 9.17) is 27.0 Å². The van der Waals surface area contributed by atoms with Crippen LogP contribution in [0.3, 0.4) is 0 Å². The number of hydrogen-bond acceptors (Lipinski definition) is 4. The van der Waals surface area contributed by atoms with Crippen molar-refractivity contribution >= 4 is 17.5 Å². The van der Waals surface area contributed by atoms with E-state index in [1.807, 2.05) is 19.1 Å². The summed E-state index contributed by atoms with van der Waals surface area (Å²) < 4.78 is 5.19. The topological polar surface area (TPSA) is 75.8 Å². The van der Waals surface area contributed by atoms with Gasteiger partial charge in [-0.1, -0.05) is 11.6 Å². The van der Waals surface area contributed by atoms with Crippen molar-refractivity contribution in [3.8, 4) is 17.5 Å². The molecule has 0 aliphatic carbocycles. The lowest BCUT2D eigenvalue weighted by Gasteiger charge is -1.99. The fourth-order valence-electron chi connectivity index (χ4n) is 1.31. The number of aryl methyl sites for hydroxylation is 1. The first-order chi connectivity index (χ1) is 7.61. The maximum absolute atomic E-state index is 8.70. The minimum Gasteiger partial charge on any atom is -0.419 e. The highest BCUT2D eigenvalue weighted by Crippen LogP contribution is 2.26. The van der Waals surface area contributed by atoms with Gasteiger partial charge in [-0.15, -0.1) is 0 Å². The third-order valence-electron chi connectivity index (χ3n) is 2.16. The summed E-state index contributed by atoms with van der Waals surface area (Å²) in [6.45, 7) is 1.88. The molecular formula is C11H8ClN3O. The van der Waals surface area contributed by atoms with Crippen LogP contribution in [-0.4, -0.2) is 4.98 Å². The molecule has 1 heterocycles. The van der Waals surface area contributed by atoms with Crippen molar-refractivity contribution in [1.29, 1.82) is 5.26 Å². The van der Waals surface area contributed by atoms with E-state index in [1.54, 1.807) is 12.1 Å². The first-order valence-electron chi connectivity index (χ1n) is 4.54. The van der Waals surface area contributed by atoms with Gasteiger partial charge in [0.1, 0.15) is 6.07 Å². The van der Waals surface area contributed by atoms with Crippen molar-refractivity contribution in [3.05, 3.63) is 34.5 Å². The van der Waals surface area contributed by atoms with Crippen LogP contribution in [0.1, 0.15) is 11.3 Å². The molecule has 0 amide bonds. The predicted molar refractivity (Wildman–Crippen MR) is 60.8 cm³/mol. The molecule has 1 aromatic heterocycles. The number of oxazole rings is 1. The molecule has 2 aromatic rings. The largest absolute Gasteiger partial charge is 0.419 e. The number of nitrogen functional groups attached to an aromatic ring is 1. The zero-order chi connectivity index (χ0) is 11.7. The van der Waals surface area contributed by atoms with Crippen molar-refractivity contribution in [1.82, 2.24) is 4.98 Å². The molecule has 0 atom stereocenters. The smallest absolute Gasteiger partial charge is 0.230 e. The second-order valence-electron chi connectivity index (χ2n) is 3.31. The van der Waals surface area contributed by atoms with E-state index in [1.165, 1.54) is 0 Å². The van der Waals surface area contributed by atoms with Crippen LogP contribution in [0.5, 0.6) is 0 Å². The van der Waals surface area contributed by atoms with E-state index in [9.17, 15) is 0 Å². The second-order valence-corrected chi connectivity index (χ2v) is 3.71. The molecule has 1 aromatic carbocycles. The first-order valence-corrected chi connectivity index (χ1v) is 4.92. The molecule has 0 saturated heterocycles. The number of nitrogens with zero attached hydrogens (tertiary/aromatic N) is 2. The summed E-state index contributed by atoms with van der Waals surface area (Å²) >= 11 is 5.90. The van der Waals surface area contributed by atoms with Gasteiger partial charge in [0.15, 0.2) is 0 Å². The van der Waals surface area contributed by atoms with E-state index in [0.29, 0.717) is 10.9 Å². The van der Waals surface area contributed by atoms with Gasteiger partial charge in [-0.25, -0.2) is 0 Å². The Morgan fingerprint density at radius 3 is 2.81 bits per heavy atom. The third kappa shape index (κ3) is 1.73. The van der Waals surface area contributed by atoms with Crippen LogP contribution < -0.4 is 5.73 Å². The summed E-state index contributed by atoms with van der Waals surface area (Å²) in [6, 6.07) is 7.20. The fraction of sp³-hybridized carbons (Fsp3) is 0.0909. The van der Waals surface area contributed by atoms with Crippen LogP contribution in [-0.2, 0) is 0 Å². The number of nitrogens with two attached hydrogens (primary N) is 1. The normalized spacial score (nSPS) is 10.1. The van der Waals surface area contributed by atoms with Crippen molar-refractivity contribution in [2.75, 3.05) is 5.73 Å². The number of hydrogen-bond donors (Lipinski definition) is 1. The molecule has 4 nitrogen and oxygen atoms in total. The van der Waals surface area contributed by atoms with E-state index < -0.39 is 0 Å². The summed E-state index contributed by atoms with van der Waals surface area (Å²) in [4.78, 5) is 3.97. The quantitative estimate of drug-likeness (QED) is 0.822. The number of rotatable bonds is 1. The molecule has 2 rings (SSSR count). The summed E-state index contributed by atoms with van der Waals surface area (Å²) in [7, 11) is 0. The molecule has 0 radical (unpaired) electrons. The highest BCUT2D eigenvalue weighted by atomic mass is 35.5. The molecule has 0 saturated carbocycles. The Balaban J connectivity index is 2.51. The maximum Gasteiger partial charge on any atom is 0.230 e. The van der Waals surface area contributed by atoms with E-state index in [0.717, 1.165) is 11.1 Å². The van der Waals surface area contributed by atoms with Gasteiger partial charge in [0, 0.05) is 10.6 Å². The summed E-state index contributed by atoms with van der Waals surface area (Å²) in [5.41, 5.74) is 7.24. The number of aromatic nitrogens is 1. The molecule has 0 fully saturated rings. The minimum atomic E-state index is 0.0325. The molecule has 0 aliphatic heterocycles. The Labute approximate surface area is 97.3 Å². The molecule has 2 N–H and O–H groups in total. The van der Waals surface area contributed by atoms with Crippen molar-refractivity contribution in [2.24, 2.45) is 0 Å². The standard InChI is InChI=1S/C11H8ClN3O/c1-6-4-7(2-3-8(6)12)11-15-9(5-13)10(14)16-11/h2-4H,14H2,1H3. The molecule has 0 aliphatic rings. The van der Waals surface area contributed by atoms with Crippen LogP contribution in [0, 0.1) is 18.3 Å². The molecule has 16 heavy (non-hydrogen) atoms. The number of anilines is 1. The minimum absolute atomic E-state index is 0.0325. The van der Waals surface area contributed by atoms with Crippen molar-refractivity contribution in [3.63, 3.8) is 0 Å². The van der Waals surface area contributed by atoms with E-state index in [2.05, 4.69) is 4.98 Å². The first kappa shape index (κ1) is 10.5. The van der Waals surface area contributed by atoms with Gasteiger partial charge < -0.3 is 10.2 Å². The van der Waals surface area contributed by atoms with E-state index >= 15 is 0 Å². The SMILES string of the molecule is Cc1cc(-c2nc(C#N)c(N)o2)ccc1Cl. The van der Waals surface area contributed by atoms with Crippen LogP contribution >= 0.6 is 11.6 Å². The molecular weight excluding hydrogens is 226 g/mol. The second kappa shape index (κ2) is 3.87. The number of nitriles is 1. The van der Waals surface area contributed by atoms with Gasteiger partial charge in [-0.3, -0.25) is 0 Å². The monoisotopic (exact) mass is 233 g/mol. The summed E-state index contributed by atoms with van der Waals surface area (Å²) in [6.07, 6.45) is 0.